The molecule has 0 bridgehead atoms. The van der Waals surface area contributed by atoms with Crippen LogP contribution in [0.2, 0.25) is 0 Å². The Kier molecular flexibility index (Phi) is 6.49. The summed E-state index contributed by atoms with van der Waals surface area (Å²) in [5.74, 6) is 1.89. The normalized spacial score (nSPS) is 10.8. The molecular formula is C26H27N3O4. The lowest BCUT2D eigenvalue weighted by atomic mass is 10.1. The Morgan fingerprint density at radius 3 is 2.45 bits per heavy atom. The molecular weight excluding hydrogens is 418 g/mol. The van der Waals surface area contributed by atoms with Crippen molar-refractivity contribution in [3.63, 3.8) is 0 Å². The minimum atomic E-state index is -0.327. The summed E-state index contributed by atoms with van der Waals surface area (Å²) in [5.41, 5.74) is 4.73. The first kappa shape index (κ1) is 22.2. The number of furan rings is 1. The largest absolute Gasteiger partial charge is 0.497 e. The fourth-order valence-corrected chi connectivity index (χ4v) is 3.56. The number of carbonyl (C=O) groups is 1. The summed E-state index contributed by atoms with van der Waals surface area (Å²) < 4.78 is 18.5. The SMILES string of the molecule is COc1ccc(OCc2ccc(C(=O)Nc3c(C)nn(Cc4ccccc4C)c3C)o2)cc1. The second kappa shape index (κ2) is 9.65. The van der Waals surface area contributed by atoms with E-state index in [0.717, 1.165) is 17.1 Å². The Hall–Kier alpha value is -4.00. The maximum Gasteiger partial charge on any atom is 0.291 e. The van der Waals surface area contributed by atoms with Gasteiger partial charge >= 0.3 is 0 Å². The van der Waals surface area contributed by atoms with Crippen LogP contribution < -0.4 is 14.8 Å². The summed E-state index contributed by atoms with van der Waals surface area (Å²) in [7, 11) is 1.61. The van der Waals surface area contributed by atoms with Crippen molar-refractivity contribution >= 4 is 11.6 Å². The monoisotopic (exact) mass is 445 g/mol. The van der Waals surface area contributed by atoms with Gasteiger partial charge in [0, 0.05) is 0 Å². The van der Waals surface area contributed by atoms with Crippen molar-refractivity contribution in [3.05, 3.63) is 94.7 Å². The summed E-state index contributed by atoms with van der Waals surface area (Å²) in [6.07, 6.45) is 0. The smallest absolute Gasteiger partial charge is 0.291 e. The van der Waals surface area contributed by atoms with Crippen molar-refractivity contribution in [2.45, 2.75) is 33.9 Å². The second-order valence-electron chi connectivity index (χ2n) is 7.81. The van der Waals surface area contributed by atoms with Crippen LogP contribution in [0.25, 0.3) is 0 Å². The van der Waals surface area contributed by atoms with Gasteiger partial charge in [-0.2, -0.15) is 5.10 Å². The van der Waals surface area contributed by atoms with Crippen LogP contribution in [0, 0.1) is 20.8 Å². The number of nitrogens with one attached hydrogen (secondary N) is 1. The Balaban J connectivity index is 1.41. The lowest BCUT2D eigenvalue weighted by molar-refractivity contribution is 0.0992. The summed E-state index contributed by atoms with van der Waals surface area (Å²) in [6.45, 7) is 6.77. The average Bonchev–Trinajstić information content (AvgIpc) is 3.40. The van der Waals surface area contributed by atoms with E-state index < -0.39 is 0 Å². The van der Waals surface area contributed by atoms with E-state index in [-0.39, 0.29) is 18.3 Å². The number of rotatable bonds is 8. The third kappa shape index (κ3) is 5.09. The Morgan fingerprint density at radius 2 is 1.73 bits per heavy atom. The average molecular weight is 446 g/mol. The van der Waals surface area contributed by atoms with E-state index in [1.54, 1.807) is 19.2 Å². The van der Waals surface area contributed by atoms with Crippen molar-refractivity contribution in [1.29, 1.82) is 0 Å². The van der Waals surface area contributed by atoms with Crippen molar-refractivity contribution in [2.75, 3.05) is 12.4 Å². The maximum absolute atomic E-state index is 12.8. The number of aromatic nitrogens is 2. The molecule has 0 aliphatic heterocycles. The summed E-state index contributed by atoms with van der Waals surface area (Å²) in [6, 6.07) is 18.9. The number of methoxy groups -OCH3 is 1. The number of ether oxygens (including phenoxy) is 2. The van der Waals surface area contributed by atoms with Crippen LogP contribution in [0.15, 0.2) is 65.1 Å². The molecule has 4 aromatic rings. The molecule has 0 saturated heterocycles. The van der Waals surface area contributed by atoms with Gasteiger partial charge < -0.3 is 19.2 Å². The first-order chi connectivity index (χ1) is 15.9. The number of carbonyl (C=O) groups excluding carboxylic acids is 1. The van der Waals surface area contributed by atoms with Gasteiger partial charge in [-0.3, -0.25) is 9.48 Å². The number of hydrogen-bond acceptors (Lipinski definition) is 5. The molecule has 0 radical (unpaired) electrons. The van der Waals surface area contributed by atoms with Gasteiger partial charge in [-0.1, -0.05) is 24.3 Å². The molecule has 4 rings (SSSR count). The molecule has 0 fully saturated rings. The molecule has 0 saturated carbocycles. The minimum Gasteiger partial charge on any atom is -0.497 e. The van der Waals surface area contributed by atoms with Crippen LogP contribution in [0.5, 0.6) is 11.5 Å². The van der Waals surface area contributed by atoms with Gasteiger partial charge in [0.25, 0.3) is 5.91 Å². The van der Waals surface area contributed by atoms with Crippen LogP contribution in [0.4, 0.5) is 5.69 Å². The molecule has 1 amide bonds. The van der Waals surface area contributed by atoms with Crippen LogP contribution in [0.1, 0.15) is 38.8 Å². The third-order valence-electron chi connectivity index (χ3n) is 5.53. The summed E-state index contributed by atoms with van der Waals surface area (Å²) in [5, 5.41) is 7.56. The zero-order valence-electron chi connectivity index (χ0n) is 19.2. The van der Waals surface area contributed by atoms with Gasteiger partial charge in [-0.25, -0.2) is 0 Å². The molecule has 0 unspecified atom stereocenters. The molecule has 2 aromatic heterocycles. The number of hydrogen-bond donors (Lipinski definition) is 1. The summed E-state index contributed by atoms with van der Waals surface area (Å²) >= 11 is 0. The number of benzene rings is 2. The van der Waals surface area contributed by atoms with Gasteiger partial charge in [0.1, 0.15) is 23.9 Å². The van der Waals surface area contributed by atoms with Crippen LogP contribution in [-0.4, -0.2) is 22.8 Å². The van der Waals surface area contributed by atoms with E-state index >= 15 is 0 Å². The molecule has 1 N–H and O–H groups in total. The molecule has 0 aliphatic carbocycles. The number of amides is 1. The number of nitrogens with zero attached hydrogens (tertiary/aromatic N) is 2. The van der Waals surface area contributed by atoms with Gasteiger partial charge in [0.15, 0.2) is 5.76 Å². The highest BCUT2D eigenvalue weighted by molar-refractivity contribution is 6.02. The Bertz CT molecular complexity index is 1260. The first-order valence-corrected chi connectivity index (χ1v) is 10.7. The topological polar surface area (TPSA) is 78.5 Å². The van der Waals surface area contributed by atoms with Crippen molar-refractivity contribution in [3.8, 4) is 11.5 Å². The molecule has 33 heavy (non-hydrogen) atoms. The molecule has 170 valence electrons. The molecule has 0 aliphatic rings. The predicted octanol–water partition coefficient (Wildman–Crippen LogP) is 5.29. The number of anilines is 1. The minimum absolute atomic E-state index is 0.214. The fourth-order valence-electron chi connectivity index (χ4n) is 3.56. The third-order valence-corrected chi connectivity index (χ3v) is 5.53. The van der Waals surface area contributed by atoms with Crippen LogP contribution in [0.3, 0.4) is 0 Å². The zero-order chi connectivity index (χ0) is 23.4. The van der Waals surface area contributed by atoms with Gasteiger partial charge in [-0.15, -0.1) is 0 Å². The first-order valence-electron chi connectivity index (χ1n) is 10.7. The molecule has 2 heterocycles. The van der Waals surface area contributed by atoms with E-state index in [0.29, 0.717) is 23.7 Å². The molecule has 0 spiro atoms. The Morgan fingerprint density at radius 1 is 1.00 bits per heavy atom. The molecule has 7 nitrogen and oxygen atoms in total. The van der Waals surface area contributed by atoms with Gasteiger partial charge in [0.2, 0.25) is 0 Å². The van der Waals surface area contributed by atoms with Gasteiger partial charge in [0.05, 0.1) is 30.7 Å². The maximum atomic E-state index is 12.8. The highest BCUT2D eigenvalue weighted by Gasteiger charge is 2.18. The lowest BCUT2D eigenvalue weighted by Crippen LogP contribution is -2.12. The molecule has 2 aromatic carbocycles. The fraction of sp³-hybridized carbons (Fsp3) is 0.231. The highest BCUT2D eigenvalue weighted by atomic mass is 16.5. The van der Waals surface area contributed by atoms with Crippen molar-refractivity contribution in [1.82, 2.24) is 9.78 Å². The molecule has 0 atom stereocenters. The lowest BCUT2D eigenvalue weighted by Gasteiger charge is -2.08. The zero-order valence-corrected chi connectivity index (χ0v) is 19.2. The van der Waals surface area contributed by atoms with Crippen LogP contribution >= 0.6 is 0 Å². The van der Waals surface area contributed by atoms with Crippen molar-refractivity contribution in [2.24, 2.45) is 0 Å². The van der Waals surface area contributed by atoms with Crippen molar-refractivity contribution < 1.29 is 18.7 Å². The van der Waals surface area contributed by atoms with Gasteiger partial charge in [-0.05, 0) is 68.3 Å². The molecule has 7 heteroatoms. The second-order valence-corrected chi connectivity index (χ2v) is 7.81. The standard InChI is InChI=1S/C26H27N3O4/c1-17-7-5-6-8-20(17)15-29-19(3)25(18(2)28-29)27-26(30)24-14-13-23(33-24)16-32-22-11-9-21(31-4)10-12-22/h5-14H,15-16H2,1-4H3,(H,27,30). The van der Waals surface area contributed by atoms with E-state index in [4.69, 9.17) is 13.9 Å². The summed E-state index contributed by atoms with van der Waals surface area (Å²) in [4.78, 5) is 12.8. The Labute approximate surface area is 192 Å². The van der Waals surface area contributed by atoms with E-state index in [2.05, 4.69) is 29.5 Å². The van der Waals surface area contributed by atoms with E-state index in [1.165, 1.54) is 11.1 Å². The van der Waals surface area contributed by atoms with Crippen LogP contribution in [-0.2, 0) is 13.2 Å². The predicted molar refractivity (Wildman–Crippen MR) is 126 cm³/mol. The quantitative estimate of drug-likeness (QED) is 0.399. The van der Waals surface area contributed by atoms with E-state index in [9.17, 15) is 4.79 Å². The highest BCUT2D eigenvalue weighted by Crippen LogP contribution is 2.23. The number of aryl methyl sites for hydroxylation is 2. The van der Waals surface area contributed by atoms with E-state index in [1.807, 2.05) is 54.9 Å².